The molecule has 132 valence electrons. The molecular formula is C19H22N2O3S. The fourth-order valence-corrected chi connectivity index (χ4v) is 4.73. The third-order valence-electron chi connectivity index (χ3n) is 4.41. The molecular weight excluding hydrogens is 336 g/mol. The van der Waals surface area contributed by atoms with E-state index in [1.807, 2.05) is 61.5 Å². The predicted octanol–water partition coefficient (Wildman–Crippen LogP) is 3.22. The first-order chi connectivity index (χ1) is 11.9. The molecule has 1 N–H and O–H groups in total. The quantitative estimate of drug-likeness (QED) is 0.912. The first-order valence-corrected chi connectivity index (χ1v) is 10.1. The van der Waals surface area contributed by atoms with Gasteiger partial charge in [-0.25, -0.2) is 13.2 Å². The Kier molecular flexibility index (Phi) is 5.08. The number of carbonyl (C=O) groups is 1. The summed E-state index contributed by atoms with van der Waals surface area (Å²) in [5, 5.41) is 2.87. The molecule has 0 radical (unpaired) electrons. The lowest BCUT2D eigenvalue weighted by Crippen LogP contribution is -2.43. The summed E-state index contributed by atoms with van der Waals surface area (Å²) in [6.07, 6.45) is 0.483. The van der Waals surface area contributed by atoms with Gasteiger partial charge in [-0.1, -0.05) is 48.0 Å². The van der Waals surface area contributed by atoms with Crippen LogP contribution in [0.4, 0.5) is 10.5 Å². The fraction of sp³-hybridized carbons (Fsp3) is 0.316. The standard InChI is InChI=1S/C19H22N2O3S/c1-15-7-9-16(10-8-15)13-21(18-11-12-25(23,24)14-18)19(22)20-17-5-3-2-4-6-17/h2-10,18H,11-14H2,1H3,(H,20,22). The summed E-state index contributed by atoms with van der Waals surface area (Å²) in [7, 11) is -3.07. The highest BCUT2D eigenvalue weighted by atomic mass is 32.2. The van der Waals surface area contributed by atoms with Gasteiger partial charge in [-0.15, -0.1) is 0 Å². The molecule has 0 aromatic heterocycles. The van der Waals surface area contributed by atoms with Crippen molar-refractivity contribution in [1.82, 2.24) is 4.90 Å². The van der Waals surface area contributed by atoms with Crippen LogP contribution in [0, 0.1) is 6.92 Å². The summed E-state index contributed by atoms with van der Waals surface area (Å²) in [4.78, 5) is 14.4. The number of benzene rings is 2. The van der Waals surface area contributed by atoms with Crippen LogP contribution in [0.15, 0.2) is 54.6 Å². The van der Waals surface area contributed by atoms with E-state index >= 15 is 0 Å². The predicted molar refractivity (Wildman–Crippen MR) is 99.2 cm³/mol. The van der Waals surface area contributed by atoms with E-state index in [0.717, 1.165) is 11.1 Å². The van der Waals surface area contributed by atoms with Gasteiger partial charge in [0.05, 0.1) is 11.5 Å². The lowest BCUT2D eigenvalue weighted by atomic mass is 10.1. The number of amides is 2. The number of aryl methyl sites for hydroxylation is 1. The van der Waals surface area contributed by atoms with Gasteiger partial charge in [0.1, 0.15) is 0 Å². The topological polar surface area (TPSA) is 66.5 Å². The van der Waals surface area contributed by atoms with E-state index in [-0.39, 0.29) is 23.6 Å². The van der Waals surface area contributed by atoms with E-state index in [9.17, 15) is 13.2 Å². The molecule has 1 unspecified atom stereocenters. The number of sulfone groups is 1. The molecule has 2 aromatic carbocycles. The Hall–Kier alpha value is -2.34. The van der Waals surface area contributed by atoms with Gasteiger partial charge in [0.15, 0.2) is 9.84 Å². The molecule has 1 atom stereocenters. The molecule has 0 bridgehead atoms. The fourth-order valence-electron chi connectivity index (χ4n) is 2.99. The molecule has 1 fully saturated rings. The summed E-state index contributed by atoms with van der Waals surface area (Å²) in [6, 6.07) is 16.6. The van der Waals surface area contributed by atoms with Crippen molar-refractivity contribution in [3.05, 3.63) is 65.7 Å². The Morgan fingerprint density at radius 1 is 1.12 bits per heavy atom. The number of nitrogens with zero attached hydrogens (tertiary/aromatic N) is 1. The number of nitrogens with one attached hydrogen (secondary N) is 1. The maximum atomic E-state index is 12.8. The number of carbonyl (C=O) groups excluding carboxylic acids is 1. The van der Waals surface area contributed by atoms with Crippen LogP contribution in [0.3, 0.4) is 0 Å². The molecule has 0 aliphatic carbocycles. The zero-order valence-corrected chi connectivity index (χ0v) is 15.0. The second kappa shape index (κ2) is 7.27. The van der Waals surface area contributed by atoms with E-state index in [2.05, 4.69) is 5.32 Å². The molecule has 0 spiro atoms. The van der Waals surface area contributed by atoms with Crippen molar-refractivity contribution in [1.29, 1.82) is 0 Å². The Labute approximate surface area is 148 Å². The number of hydrogen-bond acceptors (Lipinski definition) is 3. The van der Waals surface area contributed by atoms with Crippen LogP contribution < -0.4 is 5.32 Å². The zero-order chi connectivity index (χ0) is 17.9. The average molecular weight is 358 g/mol. The first kappa shape index (κ1) is 17.5. The van der Waals surface area contributed by atoms with Crippen LogP contribution in [-0.4, -0.2) is 36.9 Å². The van der Waals surface area contributed by atoms with Gasteiger partial charge < -0.3 is 10.2 Å². The monoisotopic (exact) mass is 358 g/mol. The smallest absolute Gasteiger partial charge is 0.316 e. The summed E-state index contributed by atoms with van der Waals surface area (Å²) in [5.41, 5.74) is 2.83. The van der Waals surface area contributed by atoms with Gasteiger partial charge in [0.25, 0.3) is 0 Å². The van der Waals surface area contributed by atoms with E-state index in [0.29, 0.717) is 18.7 Å². The maximum Gasteiger partial charge on any atom is 0.322 e. The summed E-state index contributed by atoms with van der Waals surface area (Å²) < 4.78 is 23.7. The van der Waals surface area contributed by atoms with Crippen molar-refractivity contribution in [2.45, 2.75) is 25.9 Å². The van der Waals surface area contributed by atoms with Crippen LogP contribution in [0.1, 0.15) is 17.5 Å². The number of para-hydroxylation sites is 1. The van der Waals surface area contributed by atoms with Crippen molar-refractivity contribution in [3.8, 4) is 0 Å². The highest BCUT2D eigenvalue weighted by Crippen LogP contribution is 2.21. The van der Waals surface area contributed by atoms with Crippen LogP contribution in [-0.2, 0) is 16.4 Å². The number of rotatable bonds is 4. The van der Waals surface area contributed by atoms with Crippen LogP contribution in [0.2, 0.25) is 0 Å². The van der Waals surface area contributed by atoms with Gasteiger partial charge in [0.2, 0.25) is 0 Å². The highest BCUT2D eigenvalue weighted by Gasteiger charge is 2.34. The van der Waals surface area contributed by atoms with E-state index in [4.69, 9.17) is 0 Å². The summed E-state index contributed by atoms with van der Waals surface area (Å²) >= 11 is 0. The van der Waals surface area contributed by atoms with Gasteiger partial charge in [-0.05, 0) is 31.0 Å². The SMILES string of the molecule is Cc1ccc(CN(C(=O)Nc2ccccc2)C2CCS(=O)(=O)C2)cc1. The minimum atomic E-state index is -3.07. The molecule has 1 aliphatic heterocycles. The molecule has 2 aromatic rings. The molecule has 25 heavy (non-hydrogen) atoms. The summed E-state index contributed by atoms with van der Waals surface area (Å²) in [5.74, 6) is 0.168. The second-order valence-corrected chi connectivity index (χ2v) is 8.70. The first-order valence-electron chi connectivity index (χ1n) is 8.31. The molecule has 1 aliphatic rings. The molecule has 1 saturated heterocycles. The lowest BCUT2D eigenvalue weighted by molar-refractivity contribution is 0.190. The third kappa shape index (κ3) is 4.60. The summed E-state index contributed by atoms with van der Waals surface area (Å²) in [6.45, 7) is 2.40. The molecule has 5 nitrogen and oxygen atoms in total. The molecule has 2 amide bonds. The Morgan fingerprint density at radius 2 is 1.80 bits per heavy atom. The van der Waals surface area contributed by atoms with E-state index in [1.54, 1.807) is 4.90 Å². The second-order valence-electron chi connectivity index (χ2n) is 6.47. The number of anilines is 1. The van der Waals surface area contributed by atoms with Crippen LogP contribution >= 0.6 is 0 Å². The average Bonchev–Trinajstić information content (AvgIpc) is 2.95. The number of hydrogen-bond donors (Lipinski definition) is 1. The van der Waals surface area contributed by atoms with Crippen LogP contribution in [0.25, 0.3) is 0 Å². The van der Waals surface area contributed by atoms with E-state index in [1.165, 1.54) is 0 Å². The molecule has 0 saturated carbocycles. The largest absolute Gasteiger partial charge is 0.322 e. The zero-order valence-electron chi connectivity index (χ0n) is 14.2. The van der Waals surface area contributed by atoms with Crippen molar-refractivity contribution >= 4 is 21.6 Å². The van der Waals surface area contributed by atoms with Crippen molar-refractivity contribution in [2.24, 2.45) is 0 Å². The third-order valence-corrected chi connectivity index (χ3v) is 6.16. The van der Waals surface area contributed by atoms with Gasteiger partial charge in [-0.2, -0.15) is 0 Å². The molecule has 3 rings (SSSR count). The minimum absolute atomic E-state index is 0.0288. The van der Waals surface area contributed by atoms with Gasteiger partial charge >= 0.3 is 6.03 Å². The van der Waals surface area contributed by atoms with E-state index < -0.39 is 9.84 Å². The minimum Gasteiger partial charge on any atom is -0.316 e. The van der Waals surface area contributed by atoms with Crippen molar-refractivity contribution < 1.29 is 13.2 Å². The van der Waals surface area contributed by atoms with Gasteiger partial charge in [0, 0.05) is 18.3 Å². The Morgan fingerprint density at radius 3 is 2.40 bits per heavy atom. The van der Waals surface area contributed by atoms with Gasteiger partial charge in [-0.3, -0.25) is 0 Å². The van der Waals surface area contributed by atoms with Crippen molar-refractivity contribution in [2.75, 3.05) is 16.8 Å². The Balaban J connectivity index is 1.80. The molecule has 6 heteroatoms. The van der Waals surface area contributed by atoms with Crippen LogP contribution in [0.5, 0.6) is 0 Å². The maximum absolute atomic E-state index is 12.8. The lowest BCUT2D eigenvalue weighted by Gasteiger charge is -2.28. The normalized spacial score (nSPS) is 18.7. The molecule has 1 heterocycles. The Bertz CT molecular complexity index is 833. The van der Waals surface area contributed by atoms with Crippen molar-refractivity contribution in [3.63, 3.8) is 0 Å². The highest BCUT2D eigenvalue weighted by molar-refractivity contribution is 7.91. The number of urea groups is 1.